The summed E-state index contributed by atoms with van der Waals surface area (Å²) in [5.41, 5.74) is 3.23. The van der Waals surface area contributed by atoms with Gasteiger partial charge in [0.25, 0.3) is 0 Å². The lowest BCUT2D eigenvalue weighted by Crippen LogP contribution is -2.24. The van der Waals surface area contributed by atoms with E-state index < -0.39 is 6.10 Å². The van der Waals surface area contributed by atoms with Gasteiger partial charge in [0.15, 0.2) is 11.5 Å². The molecule has 1 unspecified atom stereocenters. The van der Waals surface area contributed by atoms with Crippen LogP contribution in [0.5, 0.6) is 11.5 Å². The average molecular weight is 364 g/mol. The largest absolute Gasteiger partial charge is 0.490 e. The summed E-state index contributed by atoms with van der Waals surface area (Å²) in [5.74, 6) is 1.31. The Balaban J connectivity index is 2.13. The number of aliphatic hydroxyl groups is 1. The minimum atomic E-state index is -0.401. The van der Waals surface area contributed by atoms with Crippen molar-refractivity contribution >= 4 is 11.6 Å². The molecular weight excluding hydrogens is 338 g/mol. The molecule has 5 heteroatoms. The van der Waals surface area contributed by atoms with E-state index in [4.69, 9.17) is 21.1 Å². The molecule has 2 N–H and O–H groups in total. The molecule has 0 aliphatic carbocycles. The van der Waals surface area contributed by atoms with E-state index in [2.05, 4.69) is 18.3 Å². The van der Waals surface area contributed by atoms with Crippen molar-refractivity contribution in [1.29, 1.82) is 0 Å². The topological polar surface area (TPSA) is 50.7 Å². The summed E-state index contributed by atoms with van der Waals surface area (Å²) in [4.78, 5) is 0. The fraction of sp³-hybridized carbons (Fsp3) is 0.400. The van der Waals surface area contributed by atoms with Crippen molar-refractivity contribution in [3.8, 4) is 11.5 Å². The molecule has 25 heavy (non-hydrogen) atoms. The van der Waals surface area contributed by atoms with Gasteiger partial charge in [0.1, 0.15) is 6.61 Å². The molecule has 0 aliphatic rings. The van der Waals surface area contributed by atoms with Gasteiger partial charge in [0.05, 0.1) is 12.7 Å². The van der Waals surface area contributed by atoms with Crippen LogP contribution in [0, 0.1) is 6.92 Å². The fourth-order valence-corrected chi connectivity index (χ4v) is 2.66. The van der Waals surface area contributed by atoms with Crippen molar-refractivity contribution in [1.82, 2.24) is 5.32 Å². The molecule has 4 nitrogen and oxygen atoms in total. The SMILES string of the molecule is CCOc1cc(CNCC(C)O)c(Cl)cc1OCc1ccccc1C. The van der Waals surface area contributed by atoms with Crippen molar-refractivity contribution in [2.24, 2.45) is 0 Å². The molecule has 0 aliphatic heterocycles. The number of aliphatic hydroxyl groups excluding tert-OH is 1. The van der Waals surface area contributed by atoms with Crippen LogP contribution >= 0.6 is 11.6 Å². The number of hydrogen-bond acceptors (Lipinski definition) is 4. The summed E-state index contributed by atoms with van der Waals surface area (Å²) in [6.45, 7) is 7.80. The Hall–Kier alpha value is -1.75. The summed E-state index contributed by atoms with van der Waals surface area (Å²) in [7, 11) is 0. The van der Waals surface area contributed by atoms with Crippen LogP contribution in [0.25, 0.3) is 0 Å². The summed E-state index contributed by atoms with van der Waals surface area (Å²) in [6, 6.07) is 11.8. The third-order valence-electron chi connectivity index (χ3n) is 3.81. The minimum Gasteiger partial charge on any atom is -0.490 e. The van der Waals surface area contributed by atoms with E-state index in [9.17, 15) is 5.11 Å². The van der Waals surface area contributed by atoms with Crippen LogP contribution in [0.2, 0.25) is 5.02 Å². The predicted octanol–water partition coefficient (Wildman–Crippen LogP) is 4.10. The van der Waals surface area contributed by atoms with Crippen LogP contribution in [-0.2, 0) is 13.2 Å². The van der Waals surface area contributed by atoms with Gasteiger partial charge in [-0.1, -0.05) is 35.9 Å². The van der Waals surface area contributed by atoms with E-state index in [0.29, 0.717) is 42.8 Å². The zero-order valence-corrected chi connectivity index (χ0v) is 15.8. The number of rotatable bonds is 9. The maximum atomic E-state index is 9.34. The molecule has 0 radical (unpaired) electrons. The molecule has 0 aromatic heterocycles. The van der Waals surface area contributed by atoms with Gasteiger partial charge in [-0.3, -0.25) is 0 Å². The number of ether oxygens (including phenoxy) is 2. The van der Waals surface area contributed by atoms with E-state index in [-0.39, 0.29) is 0 Å². The van der Waals surface area contributed by atoms with Crippen LogP contribution in [-0.4, -0.2) is 24.4 Å². The van der Waals surface area contributed by atoms with Crippen molar-refractivity contribution in [3.05, 3.63) is 58.1 Å². The zero-order valence-electron chi connectivity index (χ0n) is 15.0. The maximum Gasteiger partial charge on any atom is 0.163 e. The van der Waals surface area contributed by atoms with E-state index in [1.807, 2.05) is 31.2 Å². The van der Waals surface area contributed by atoms with Gasteiger partial charge in [-0.15, -0.1) is 0 Å². The van der Waals surface area contributed by atoms with Gasteiger partial charge >= 0.3 is 0 Å². The van der Waals surface area contributed by atoms with E-state index >= 15 is 0 Å². The normalized spacial score (nSPS) is 12.0. The lowest BCUT2D eigenvalue weighted by molar-refractivity contribution is 0.191. The second-order valence-corrected chi connectivity index (χ2v) is 6.43. The second kappa shape index (κ2) is 9.66. The third-order valence-corrected chi connectivity index (χ3v) is 4.16. The molecule has 2 aromatic rings. The zero-order chi connectivity index (χ0) is 18.2. The first kappa shape index (κ1) is 19.6. The smallest absolute Gasteiger partial charge is 0.163 e. The molecule has 0 heterocycles. The van der Waals surface area contributed by atoms with Crippen molar-refractivity contribution < 1.29 is 14.6 Å². The van der Waals surface area contributed by atoms with Crippen LogP contribution in [0.15, 0.2) is 36.4 Å². The van der Waals surface area contributed by atoms with Gasteiger partial charge < -0.3 is 19.9 Å². The van der Waals surface area contributed by atoms with Gasteiger partial charge in [0.2, 0.25) is 0 Å². The Labute approximate surface area is 154 Å². The maximum absolute atomic E-state index is 9.34. The minimum absolute atomic E-state index is 0.401. The molecule has 2 rings (SSSR count). The lowest BCUT2D eigenvalue weighted by atomic mass is 10.1. The second-order valence-electron chi connectivity index (χ2n) is 6.02. The van der Waals surface area contributed by atoms with E-state index in [0.717, 1.165) is 11.1 Å². The van der Waals surface area contributed by atoms with Crippen LogP contribution in [0.1, 0.15) is 30.5 Å². The summed E-state index contributed by atoms with van der Waals surface area (Å²) in [6.07, 6.45) is -0.401. The third kappa shape index (κ3) is 5.92. The van der Waals surface area contributed by atoms with Crippen LogP contribution < -0.4 is 14.8 Å². The number of halogens is 1. The van der Waals surface area contributed by atoms with Gasteiger partial charge in [-0.2, -0.15) is 0 Å². The quantitative estimate of drug-likeness (QED) is 0.704. The molecule has 0 fully saturated rings. The number of benzene rings is 2. The average Bonchev–Trinajstić information content (AvgIpc) is 2.57. The highest BCUT2D eigenvalue weighted by Gasteiger charge is 2.12. The number of aryl methyl sites for hydroxylation is 1. The van der Waals surface area contributed by atoms with E-state index in [1.54, 1.807) is 13.0 Å². The predicted molar refractivity (Wildman–Crippen MR) is 102 cm³/mol. The number of hydrogen-bond donors (Lipinski definition) is 2. The first-order chi connectivity index (χ1) is 12.0. The van der Waals surface area contributed by atoms with Crippen LogP contribution in [0.3, 0.4) is 0 Å². The molecule has 136 valence electrons. The summed E-state index contributed by atoms with van der Waals surface area (Å²) < 4.78 is 11.7. The standard InChI is InChI=1S/C20H26ClNO3/c1-4-24-19-9-17(12-22-11-15(3)23)18(21)10-20(19)25-13-16-8-6-5-7-14(16)2/h5-10,15,22-23H,4,11-13H2,1-3H3. The fourth-order valence-electron chi connectivity index (χ4n) is 2.44. The summed E-state index contributed by atoms with van der Waals surface area (Å²) >= 11 is 6.39. The Morgan fingerprint density at radius 3 is 2.52 bits per heavy atom. The van der Waals surface area contributed by atoms with Gasteiger partial charge in [-0.05, 0) is 43.5 Å². The van der Waals surface area contributed by atoms with E-state index in [1.165, 1.54) is 5.56 Å². The Morgan fingerprint density at radius 1 is 1.12 bits per heavy atom. The molecule has 0 spiro atoms. The Bertz CT molecular complexity index is 689. The highest BCUT2D eigenvalue weighted by molar-refractivity contribution is 6.31. The first-order valence-corrected chi connectivity index (χ1v) is 8.90. The molecule has 0 amide bonds. The van der Waals surface area contributed by atoms with Crippen molar-refractivity contribution in [2.45, 2.75) is 40.0 Å². The highest BCUT2D eigenvalue weighted by atomic mass is 35.5. The molecule has 1 atom stereocenters. The number of nitrogens with one attached hydrogen (secondary N) is 1. The molecule has 0 saturated carbocycles. The molecule has 0 saturated heterocycles. The summed E-state index contributed by atoms with van der Waals surface area (Å²) in [5, 5.41) is 13.1. The van der Waals surface area contributed by atoms with Gasteiger partial charge in [-0.25, -0.2) is 0 Å². The molecule has 0 bridgehead atoms. The molecule has 2 aromatic carbocycles. The van der Waals surface area contributed by atoms with Crippen molar-refractivity contribution in [3.63, 3.8) is 0 Å². The first-order valence-electron chi connectivity index (χ1n) is 8.52. The van der Waals surface area contributed by atoms with Crippen LogP contribution in [0.4, 0.5) is 0 Å². The lowest BCUT2D eigenvalue weighted by Gasteiger charge is -2.16. The Morgan fingerprint density at radius 2 is 1.84 bits per heavy atom. The highest BCUT2D eigenvalue weighted by Crippen LogP contribution is 2.34. The Kier molecular flexibility index (Phi) is 7.56. The van der Waals surface area contributed by atoms with Gasteiger partial charge in [0, 0.05) is 24.2 Å². The monoisotopic (exact) mass is 363 g/mol. The van der Waals surface area contributed by atoms with Crippen molar-refractivity contribution in [2.75, 3.05) is 13.2 Å². The molecular formula is C20H26ClNO3.